The van der Waals surface area contributed by atoms with E-state index in [0.29, 0.717) is 6.04 Å². The summed E-state index contributed by atoms with van der Waals surface area (Å²) in [5.41, 5.74) is 1.46. The Morgan fingerprint density at radius 3 is 2.83 bits per heavy atom. The van der Waals surface area contributed by atoms with Gasteiger partial charge in [-0.1, -0.05) is 0 Å². The van der Waals surface area contributed by atoms with Gasteiger partial charge in [0.25, 0.3) is 0 Å². The van der Waals surface area contributed by atoms with Crippen LogP contribution in [0.15, 0.2) is 12.5 Å². The molecule has 1 saturated carbocycles. The highest BCUT2D eigenvalue weighted by atomic mass is 15.2. The number of hydrogen-bond acceptors (Lipinski definition) is 2. The predicted octanol–water partition coefficient (Wildman–Crippen LogP) is 0.905. The molecule has 12 heavy (non-hydrogen) atoms. The van der Waals surface area contributed by atoms with Crippen LogP contribution in [0.2, 0.25) is 0 Å². The number of rotatable bonds is 2. The fourth-order valence-electron chi connectivity index (χ4n) is 1.79. The maximum Gasteiger partial charge on any atom is 0.0951 e. The third-order valence-corrected chi connectivity index (χ3v) is 2.84. The second-order valence-corrected chi connectivity index (χ2v) is 3.81. The van der Waals surface area contributed by atoms with Crippen molar-refractivity contribution in [1.29, 1.82) is 0 Å². The summed E-state index contributed by atoms with van der Waals surface area (Å²) in [7, 11) is 0. The van der Waals surface area contributed by atoms with Gasteiger partial charge in [0.1, 0.15) is 0 Å². The predicted molar refractivity (Wildman–Crippen MR) is 46.1 cm³/mol. The number of nitrogens with one attached hydrogen (secondary N) is 1. The van der Waals surface area contributed by atoms with E-state index in [4.69, 9.17) is 0 Å². The van der Waals surface area contributed by atoms with Crippen LogP contribution in [-0.4, -0.2) is 22.6 Å². The van der Waals surface area contributed by atoms with Gasteiger partial charge in [-0.05, 0) is 12.8 Å². The summed E-state index contributed by atoms with van der Waals surface area (Å²) >= 11 is 0. The summed E-state index contributed by atoms with van der Waals surface area (Å²) in [5, 5.41) is 3.29. The minimum absolute atomic E-state index is 0.683. The van der Waals surface area contributed by atoms with Crippen molar-refractivity contribution < 1.29 is 0 Å². The summed E-state index contributed by atoms with van der Waals surface area (Å²) in [6.07, 6.45) is 6.76. The van der Waals surface area contributed by atoms with Crippen LogP contribution in [0.4, 0.5) is 0 Å². The van der Waals surface area contributed by atoms with Gasteiger partial charge >= 0.3 is 0 Å². The van der Waals surface area contributed by atoms with Crippen LogP contribution in [0.1, 0.15) is 30.5 Å². The first kappa shape index (κ1) is 6.66. The molecule has 0 aromatic carbocycles. The second kappa shape index (κ2) is 2.33. The standard InChI is InChI=1S/C9H13N3/c1-2-7(1)9-5-11-6-12(9)8-3-10-4-8/h5-8,10H,1-4H2. The molecule has 1 aliphatic heterocycles. The molecular formula is C9H13N3. The number of imidazole rings is 1. The molecule has 2 fully saturated rings. The molecular weight excluding hydrogens is 150 g/mol. The summed E-state index contributed by atoms with van der Waals surface area (Å²) in [4.78, 5) is 4.22. The maximum atomic E-state index is 4.22. The van der Waals surface area contributed by atoms with Crippen LogP contribution in [-0.2, 0) is 0 Å². The Kier molecular flexibility index (Phi) is 1.29. The Morgan fingerprint density at radius 1 is 1.42 bits per heavy atom. The lowest BCUT2D eigenvalue weighted by Crippen LogP contribution is -2.43. The SMILES string of the molecule is c1ncn(C2CNC2)c1C1CC1. The molecule has 1 aromatic heterocycles. The molecule has 0 bridgehead atoms. The Labute approximate surface area is 71.8 Å². The van der Waals surface area contributed by atoms with Crippen LogP contribution >= 0.6 is 0 Å². The molecule has 1 saturated heterocycles. The van der Waals surface area contributed by atoms with Crippen molar-refractivity contribution in [1.82, 2.24) is 14.9 Å². The number of nitrogens with zero attached hydrogens (tertiary/aromatic N) is 2. The number of aromatic nitrogens is 2. The average Bonchev–Trinajstić information content (AvgIpc) is 2.70. The first-order valence-corrected chi connectivity index (χ1v) is 4.67. The lowest BCUT2D eigenvalue weighted by molar-refractivity contribution is 0.336. The van der Waals surface area contributed by atoms with Crippen molar-refractivity contribution in [2.45, 2.75) is 24.8 Å². The Balaban J connectivity index is 1.91. The highest BCUT2D eigenvalue weighted by Crippen LogP contribution is 2.40. The molecule has 3 nitrogen and oxygen atoms in total. The normalized spacial score (nSPS) is 24.0. The molecule has 1 N–H and O–H groups in total. The van der Waals surface area contributed by atoms with Crippen LogP contribution < -0.4 is 5.32 Å². The Hall–Kier alpha value is -0.830. The van der Waals surface area contributed by atoms with Crippen molar-refractivity contribution in [3.8, 4) is 0 Å². The molecule has 0 unspecified atom stereocenters. The van der Waals surface area contributed by atoms with Crippen LogP contribution in [0.25, 0.3) is 0 Å². The zero-order valence-corrected chi connectivity index (χ0v) is 7.03. The molecule has 0 radical (unpaired) electrons. The molecule has 1 aromatic rings. The van der Waals surface area contributed by atoms with Gasteiger partial charge in [-0.3, -0.25) is 0 Å². The first-order chi connectivity index (χ1) is 5.95. The minimum atomic E-state index is 0.683. The van der Waals surface area contributed by atoms with Gasteiger partial charge in [-0.2, -0.15) is 0 Å². The maximum absolute atomic E-state index is 4.22. The third-order valence-electron chi connectivity index (χ3n) is 2.84. The Bertz CT molecular complexity index is 284. The lowest BCUT2D eigenvalue weighted by atomic mass is 10.1. The highest BCUT2D eigenvalue weighted by molar-refractivity contribution is 5.14. The van der Waals surface area contributed by atoms with Crippen molar-refractivity contribution in [3.05, 3.63) is 18.2 Å². The smallest absolute Gasteiger partial charge is 0.0951 e. The molecule has 0 amide bonds. The Morgan fingerprint density at radius 2 is 2.25 bits per heavy atom. The third kappa shape index (κ3) is 0.894. The minimum Gasteiger partial charge on any atom is -0.329 e. The summed E-state index contributed by atoms with van der Waals surface area (Å²) in [6, 6.07) is 0.683. The summed E-state index contributed by atoms with van der Waals surface area (Å²) < 4.78 is 2.36. The van der Waals surface area contributed by atoms with Gasteiger partial charge < -0.3 is 9.88 Å². The zero-order chi connectivity index (χ0) is 7.97. The monoisotopic (exact) mass is 163 g/mol. The average molecular weight is 163 g/mol. The molecule has 3 rings (SSSR count). The molecule has 2 heterocycles. The second-order valence-electron chi connectivity index (χ2n) is 3.81. The fraction of sp³-hybridized carbons (Fsp3) is 0.667. The van der Waals surface area contributed by atoms with Gasteiger partial charge in [-0.25, -0.2) is 4.98 Å². The van der Waals surface area contributed by atoms with Gasteiger partial charge in [-0.15, -0.1) is 0 Å². The van der Waals surface area contributed by atoms with E-state index in [-0.39, 0.29) is 0 Å². The lowest BCUT2D eigenvalue weighted by Gasteiger charge is -2.29. The number of hydrogen-bond donors (Lipinski definition) is 1. The van der Waals surface area contributed by atoms with Crippen molar-refractivity contribution in [2.24, 2.45) is 0 Å². The quantitative estimate of drug-likeness (QED) is 0.702. The zero-order valence-electron chi connectivity index (χ0n) is 7.03. The molecule has 64 valence electrons. The van der Waals surface area contributed by atoms with E-state index >= 15 is 0 Å². The van der Waals surface area contributed by atoms with Gasteiger partial charge in [0.15, 0.2) is 0 Å². The molecule has 0 spiro atoms. The fourth-order valence-corrected chi connectivity index (χ4v) is 1.79. The molecule has 2 aliphatic rings. The van der Waals surface area contributed by atoms with E-state index in [1.807, 2.05) is 12.5 Å². The molecule has 0 atom stereocenters. The first-order valence-electron chi connectivity index (χ1n) is 4.67. The van der Waals surface area contributed by atoms with E-state index in [1.54, 1.807) is 0 Å². The topological polar surface area (TPSA) is 29.9 Å². The van der Waals surface area contributed by atoms with Crippen LogP contribution in [0.3, 0.4) is 0 Å². The van der Waals surface area contributed by atoms with E-state index in [1.165, 1.54) is 18.5 Å². The summed E-state index contributed by atoms with van der Waals surface area (Å²) in [5.74, 6) is 0.827. The van der Waals surface area contributed by atoms with Gasteiger partial charge in [0.05, 0.1) is 12.4 Å². The molecule has 1 aliphatic carbocycles. The van der Waals surface area contributed by atoms with Crippen LogP contribution in [0.5, 0.6) is 0 Å². The van der Waals surface area contributed by atoms with E-state index in [0.717, 1.165) is 19.0 Å². The van der Waals surface area contributed by atoms with Crippen molar-refractivity contribution in [2.75, 3.05) is 13.1 Å². The van der Waals surface area contributed by atoms with E-state index in [9.17, 15) is 0 Å². The van der Waals surface area contributed by atoms with Crippen molar-refractivity contribution in [3.63, 3.8) is 0 Å². The van der Waals surface area contributed by atoms with Crippen molar-refractivity contribution >= 4 is 0 Å². The van der Waals surface area contributed by atoms with E-state index in [2.05, 4.69) is 14.9 Å². The van der Waals surface area contributed by atoms with Gasteiger partial charge in [0, 0.05) is 30.9 Å². The highest BCUT2D eigenvalue weighted by Gasteiger charge is 2.30. The van der Waals surface area contributed by atoms with E-state index < -0.39 is 0 Å². The largest absolute Gasteiger partial charge is 0.329 e. The van der Waals surface area contributed by atoms with Crippen LogP contribution in [0, 0.1) is 0 Å². The van der Waals surface area contributed by atoms with Gasteiger partial charge in [0.2, 0.25) is 0 Å². The molecule has 3 heteroatoms. The summed E-state index contributed by atoms with van der Waals surface area (Å²) in [6.45, 7) is 2.24.